The third-order valence-corrected chi connectivity index (χ3v) is 10.6. The van der Waals surface area contributed by atoms with Crippen molar-refractivity contribution in [3.05, 3.63) is 75.5 Å². The summed E-state index contributed by atoms with van der Waals surface area (Å²) in [6, 6.07) is 11.7. The number of amides is 2. The molecule has 3 saturated heterocycles. The first-order valence-corrected chi connectivity index (χ1v) is 19.2. The molecule has 0 atom stereocenters. The molecular weight excluding hydrogens is 693 g/mol. The van der Waals surface area contributed by atoms with Crippen molar-refractivity contribution in [2.75, 3.05) is 98.3 Å². The summed E-state index contributed by atoms with van der Waals surface area (Å²) < 4.78 is 25.8. The molecule has 0 radical (unpaired) electrons. The number of ether oxygens (including phenoxy) is 2. The van der Waals surface area contributed by atoms with Crippen LogP contribution in [0.15, 0.2) is 47.3 Å². The number of H-pyrrole nitrogens is 1. The topological polar surface area (TPSA) is 132 Å². The number of nitrogens with one attached hydrogen (secondary N) is 1. The van der Waals surface area contributed by atoms with E-state index in [1.165, 1.54) is 6.07 Å². The van der Waals surface area contributed by atoms with Gasteiger partial charge in [-0.3, -0.25) is 19.3 Å². The molecule has 13 nitrogen and oxygen atoms in total. The number of piperidine rings is 1. The summed E-state index contributed by atoms with van der Waals surface area (Å²) in [5, 5.41) is 7.99. The van der Waals surface area contributed by atoms with Gasteiger partial charge in [0.25, 0.3) is 11.5 Å². The van der Waals surface area contributed by atoms with Crippen LogP contribution in [0.5, 0.6) is 0 Å². The van der Waals surface area contributed by atoms with Crippen LogP contribution in [0.3, 0.4) is 0 Å². The Morgan fingerprint density at radius 1 is 0.852 bits per heavy atom. The lowest BCUT2D eigenvalue weighted by atomic mass is 9.96. The van der Waals surface area contributed by atoms with Crippen LogP contribution in [0, 0.1) is 11.7 Å². The quantitative estimate of drug-likeness (QED) is 0.218. The van der Waals surface area contributed by atoms with Gasteiger partial charge in [-0.05, 0) is 76.4 Å². The van der Waals surface area contributed by atoms with E-state index in [1.807, 2.05) is 37.8 Å². The van der Waals surface area contributed by atoms with E-state index in [0.29, 0.717) is 73.7 Å². The number of halogens is 1. The van der Waals surface area contributed by atoms with Gasteiger partial charge in [-0.2, -0.15) is 5.10 Å². The van der Waals surface area contributed by atoms with E-state index in [9.17, 15) is 23.6 Å². The van der Waals surface area contributed by atoms with Crippen LogP contribution in [0.1, 0.15) is 55.2 Å². The fourth-order valence-electron chi connectivity index (χ4n) is 7.57. The minimum Gasteiger partial charge on any atom is -0.458 e. The van der Waals surface area contributed by atoms with Crippen molar-refractivity contribution in [1.82, 2.24) is 34.7 Å². The molecule has 0 bridgehead atoms. The number of hydrogen-bond acceptors (Lipinski definition) is 10. The Balaban J connectivity index is 0.880. The van der Waals surface area contributed by atoms with E-state index in [2.05, 4.69) is 24.9 Å². The number of aromatic nitrogens is 2. The summed E-state index contributed by atoms with van der Waals surface area (Å²) in [7, 11) is 0. The first-order valence-electron chi connectivity index (χ1n) is 19.2. The van der Waals surface area contributed by atoms with Crippen molar-refractivity contribution in [3.63, 3.8) is 0 Å². The average molecular weight is 748 g/mol. The van der Waals surface area contributed by atoms with E-state index in [1.54, 1.807) is 29.2 Å². The van der Waals surface area contributed by atoms with Gasteiger partial charge in [-0.1, -0.05) is 24.3 Å². The molecule has 1 aromatic heterocycles. The molecule has 1 N–H and O–H groups in total. The van der Waals surface area contributed by atoms with Gasteiger partial charge in [-0.15, -0.1) is 0 Å². The molecule has 2 amide bonds. The van der Waals surface area contributed by atoms with E-state index < -0.39 is 17.3 Å². The van der Waals surface area contributed by atoms with Crippen molar-refractivity contribution in [2.24, 2.45) is 5.92 Å². The average Bonchev–Trinajstić information content (AvgIpc) is 3.16. The van der Waals surface area contributed by atoms with Gasteiger partial charge in [0.05, 0.1) is 29.8 Å². The van der Waals surface area contributed by atoms with Crippen molar-refractivity contribution >= 4 is 28.6 Å². The number of fused-ring (bicyclic) bond motifs is 1. The molecule has 6 rings (SSSR count). The number of piperazine rings is 2. The molecule has 292 valence electrons. The van der Waals surface area contributed by atoms with E-state index >= 15 is 0 Å². The highest BCUT2D eigenvalue weighted by Gasteiger charge is 2.29. The second-order valence-corrected chi connectivity index (χ2v) is 15.7. The molecule has 3 aliphatic heterocycles. The molecule has 54 heavy (non-hydrogen) atoms. The lowest BCUT2D eigenvalue weighted by Gasteiger charge is -2.40. The van der Waals surface area contributed by atoms with Gasteiger partial charge in [-0.25, -0.2) is 14.3 Å². The van der Waals surface area contributed by atoms with Gasteiger partial charge in [0.2, 0.25) is 5.91 Å². The number of nitrogens with zero attached hydrogens (tertiary/aromatic N) is 6. The minimum atomic E-state index is -0.593. The van der Waals surface area contributed by atoms with Crippen LogP contribution < -0.4 is 5.56 Å². The third kappa shape index (κ3) is 10.7. The van der Waals surface area contributed by atoms with Crippen LogP contribution in [0.4, 0.5) is 4.39 Å². The fraction of sp³-hybridized carbons (Fsp3) is 0.575. The summed E-state index contributed by atoms with van der Waals surface area (Å²) in [6.07, 6.45) is 2.61. The number of likely N-dealkylation sites (tertiary alicyclic amines) is 1. The Kier molecular flexibility index (Phi) is 13.1. The van der Waals surface area contributed by atoms with Crippen LogP contribution >= 0.6 is 0 Å². The molecule has 2 aromatic carbocycles. The van der Waals surface area contributed by atoms with Gasteiger partial charge in [0, 0.05) is 77.3 Å². The molecule has 3 aliphatic rings. The van der Waals surface area contributed by atoms with E-state index in [4.69, 9.17) is 9.47 Å². The Labute approximate surface area is 316 Å². The predicted octanol–water partition coefficient (Wildman–Crippen LogP) is 2.63. The Morgan fingerprint density at radius 3 is 2.22 bits per heavy atom. The Bertz CT molecular complexity index is 1820. The summed E-state index contributed by atoms with van der Waals surface area (Å²) in [6.45, 7) is 15.4. The van der Waals surface area contributed by atoms with Crippen LogP contribution in [0.2, 0.25) is 0 Å². The summed E-state index contributed by atoms with van der Waals surface area (Å²) >= 11 is 0. The van der Waals surface area contributed by atoms with Crippen molar-refractivity contribution in [2.45, 2.75) is 45.6 Å². The lowest BCUT2D eigenvalue weighted by molar-refractivity contribution is -0.160. The third-order valence-electron chi connectivity index (χ3n) is 10.6. The highest BCUT2D eigenvalue weighted by atomic mass is 19.1. The molecule has 0 spiro atoms. The zero-order valence-electron chi connectivity index (χ0n) is 31.9. The SMILES string of the molecule is CC(C)(C)OC(=O)COCCN1CCC(CN2CCN(CC(=O)N3CCN(C(=O)c4cc(Cc5n[nH]c(=O)c6ccccc56)ccc4F)CC3)CC2)CC1. The number of benzene rings is 2. The Hall–Kier alpha value is -4.24. The molecule has 14 heteroatoms. The fourth-order valence-corrected chi connectivity index (χ4v) is 7.57. The molecule has 3 aromatic rings. The summed E-state index contributed by atoms with van der Waals surface area (Å²) in [5.74, 6) is -0.604. The number of carbonyl (C=O) groups excluding carboxylic acids is 3. The zero-order chi connectivity index (χ0) is 38.2. The number of carbonyl (C=O) groups is 3. The largest absolute Gasteiger partial charge is 0.458 e. The first-order chi connectivity index (χ1) is 25.9. The van der Waals surface area contributed by atoms with Crippen molar-refractivity contribution in [1.29, 1.82) is 0 Å². The zero-order valence-corrected chi connectivity index (χ0v) is 31.9. The molecular formula is C40H54FN7O6. The first kappa shape index (κ1) is 39.5. The number of esters is 1. The molecule has 0 unspecified atom stereocenters. The molecule has 3 fully saturated rings. The maximum Gasteiger partial charge on any atom is 0.332 e. The Morgan fingerprint density at radius 2 is 1.52 bits per heavy atom. The van der Waals surface area contributed by atoms with Gasteiger partial charge >= 0.3 is 5.97 Å². The maximum atomic E-state index is 15.0. The number of hydrogen-bond donors (Lipinski definition) is 1. The maximum absolute atomic E-state index is 15.0. The number of aromatic amines is 1. The van der Waals surface area contributed by atoms with Crippen LogP contribution in [-0.2, 0) is 25.5 Å². The van der Waals surface area contributed by atoms with Crippen molar-refractivity contribution in [3.8, 4) is 0 Å². The summed E-state index contributed by atoms with van der Waals surface area (Å²) in [5.41, 5.74) is 0.561. The van der Waals surface area contributed by atoms with E-state index in [-0.39, 0.29) is 29.6 Å². The standard InChI is InChI=1S/C40H54FN7O6/c1-40(2,3)54-37(50)28-53-23-22-44-12-10-29(11-13-44)26-45-14-16-46(17-15-45)27-36(49)47-18-20-48(21-19-47)39(52)33-24-30(8-9-34(33)41)25-35-31-6-4-5-7-32(31)38(51)43-42-35/h4-9,24,29H,10-23,25-28H2,1-3H3,(H,43,51). The van der Waals surface area contributed by atoms with Gasteiger partial charge in [0.1, 0.15) is 18.0 Å². The minimum absolute atomic E-state index is 0.00818. The lowest BCUT2D eigenvalue weighted by Crippen LogP contribution is -2.55. The monoisotopic (exact) mass is 747 g/mol. The van der Waals surface area contributed by atoms with E-state index in [0.717, 1.165) is 65.2 Å². The second-order valence-electron chi connectivity index (χ2n) is 15.7. The van der Waals surface area contributed by atoms with Gasteiger partial charge in [0.15, 0.2) is 0 Å². The summed E-state index contributed by atoms with van der Waals surface area (Å²) in [4.78, 5) is 61.3. The van der Waals surface area contributed by atoms with Crippen LogP contribution in [-0.4, -0.2) is 156 Å². The normalized spacial score (nSPS) is 18.3. The van der Waals surface area contributed by atoms with Crippen LogP contribution in [0.25, 0.3) is 10.8 Å². The molecule has 0 aliphatic carbocycles. The van der Waals surface area contributed by atoms with Crippen molar-refractivity contribution < 1.29 is 28.2 Å². The predicted molar refractivity (Wildman–Crippen MR) is 203 cm³/mol. The number of rotatable bonds is 12. The smallest absolute Gasteiger partial charge is 0.332 e. The second kappa shape index (κ2) is 17.9. The van der Waals surface area contributed by atoms with Gasteiger partial charge < -0.3 is 29.1 Å². The highest BCUT2D eigenvalue weighted by molar-refractivity contribution is 5.95. The molecule has 0 saturated carbocycles. The molecule has 4 heterocycles. The highest BCUT2D eigenvalue weighted by Crippen LogP contribution is 2.22.